The van der Waals surface area contributed by atoms with Crippen molar-refractivity contribution in [2.24, 2.45) is 0 Å². The van der Waals surface area contributed by atoms with Crippen LogP contribution >= 0.6 is 0 Å². The first-order valence-corrected chi connectivity index (χ1v) is 29.9. The summed E-state index contributed by atoms with van der Waals surface area (Å²) in [5.41, 5.74) is 0.637. The van der Waals surface area contributed by atoms with Crippen LogP contribution in [0.3, 0.4) is 0 Å². The molecule has 0 aliphatic carbocycles. The Kier molecular flexibility index (Phi) is 39.6. The molecular formula is C61H136N5+5. The van der Waals surface area contributed by atoms with Crippen molar-refractivity contribution in [3.63, 3.8) is 0 Å². The second kappa shape index (κ2) is 38.5. The molecule has 0 radical (unpaired) electrons. The van der Waals surface area contributed by atoms with Crippen LogP contribution in [0.2, 0.25) is 0 Å². The van der Waals surface area contributed by atoms with E-state index in [4.69, 9.17) is 0 Å². The molecule has 0 amide bonds. The van der Waals surface area contributed by atoms with Gasteiger partial charge in [-0.05, 0) is 80.1 Å². The van der Waals surface area contributed by atoms with E-state index in [0.717, 1.165) is 4.48 Å². The SMILES string of the molecule is CCCCCCCCCCCC[N+](C)(C)CCC[N+](C)(CCC[N+](C)(C)CCCCCCCCCCCC)C(C)(C)C.CCCCCCCCCCCC[N+](C)(C)CC[N+](C)(C)C(C)(C)C. The lowest BCUT2D eigenvalue weighted by molar-refractivity contribution is -0.971. The van der Waals surface area contributed by atoms with Crippen LogP contribution in [0.5, 0.6) is 0 Å². The smallest absolute Gasteiger partial charge is 0.128 e. The zero-order valence-electron chi connectivity index (χ0n) is 50.2. The van der Waals surface area contributed by atoms with Gasteiger partial charge in [0.2, 0.25) is 0 Å². The first-order valence-electron chi connectivity index (χ1n) is 29.9. The Labute approximate surface area is 421 Å². The quantitative estimate of drug-likeness (QED) is 0.0422. The fourth-order valence-corrected chi connectivity index (χ4v) is 9.75. The van der Waals surface area contributed by atoms with Crippen molar-refractivity contribution >= 4 is 0 Å². The Morgan fingerprint density at radius 2 is 0.424 bits per heavy atom. The topological polar surface area (TPSA) is 0 Å². The van der Waals surface area contributed by atoms with Crippen LogP contribution in [0.25, 0.3) is 0 Å². The molecule has 0 atom stereocenters. The van der Waals surface area contributed by atoms with Crippen molar-refractivity contribution in [3.05, 3.63) is 0 Å². The van der Waals surface area contributed by atoms with Crippen molar-refractivity contribution in [1.29, 1.82) is 0 Å². The van der Waals surface area contributed by atoms with Gasteiger partial charge in [0.05, 0.1) is 120 Å². The minimum atomic E-state index is 0.307. The van der Waals surface area contributed by atoms with E-state index in [-0.39, 0.29) is 0 Å². The summed E-state index contributed by atoms with van der Waals surface area (Å²) in [6.45, 7) is 33.2. The highest BCUT2D eigenvalue weighted by Crippen LogP contribution is 2.25. The second-order valence-electron chi connectivity index (χ2n) is 27.0. The third kappa shape index (κ3) is 39.5. The number of likely N-dealkylation sites (N-methyl/N-ethyl adjacent to an activating group) is 2. The largest absolute Gasteiger partial charge is 0.328 e. The molecule has 66 heavy (non-hydrogen) atoms. The molecule has 0 bridgehead atoms. The maximum Gasteiger partial charge on any atom is 0.128 e. The minimum absolute atomic E-state index is 0.307. The Morgan fingerprint density at radius 1 is 0.212 bits per heavy atom. The molecule has 0 unspecified atom stereocenters. The molecule has 0 fully saturated rings. The summed E-state index contributed by atoms with van der Waals surface area (Å²) >= 11 is 0. The lowest BCUT2D eigenvalue weighted by atomic mass is 10.0. The van der Waals surface area contributed by atoms with Gasteiger partial charge < -0.3 is 22.4 Å². The van der Waals surface area contributed by atoms with Gasteiger partial charge >= 0.3 is 0 Å². The zero-order valence-corrected chi connectivity index (χ0v) is 50.2. The van der Waals surface area contributed by atoms with E-state index in [1.54, 1.807) is 0 Å². The fraction of sp³-hybridized carbons (Fsp3) is 1.00. The molecule has 0 aliphatic heterocycles. The summed E-state index contributed by atoms with van der Waals surface area (Å²) in [7, 11) is 22.0. The normalized spacial score (nSPS) is 13.4. The van der Waals surface area contributed by atoms with Crippen LogP contribution in [-0.4, -0.2) is 156 Å². The van der Waals surface area contributed by atoms with E-state index >= 15 is 0 Å². The predicted molar refractivity (Wildman–Crippen MR) is 303 cm³/mol. The van der Waals surface area contributed by atoms with Crippen molar-refractivity contribution in [2.75, 3.05) is 122 Å². The van der Waals surface area contributed by atoms with Gasteiger partial charge in [0.1, 0.15) is 13.1 Å². The Bertz CT molecular complexity index is 1000. The van der Waals surface area contributed by atoms with Gasteiger partial charge in [-0.1, -0.05) is 175 Å². The fourth-order valence-electron chi connectivity index (χ4n) is 9.75. The van der Waals surface area contributed by atoms with Gasteiger partial charge in [-0.3, -0.25) is 0 Å². The summed E-state index contributed by atoms with van der Waals surface area (Å²) in [6, 6.07) is 0. The van der Waals surface area contributed by atoms with Gasteiger partial charge in [-0.25, -0.2) is 0 Å². The molecule has 0 saturated heterocycles. The van der Waals surface area contributed by atoms with E-state index in [1.807, 2.05) is 0 Å². The zero-order chi connectivity index (χ0) is 50.5. The minimum Gasteiger partial charge on any atom is -0.328 e. The molecule has 0 aromatic heterocycles. The Morgan fingerprint density at radius 3 is 0.652 bits per heavy atom. The number of unbranched alkanes of at least 4 members (excludes halogenated alkanes) is 27. The summed E-state index contributed by atoms with van der Waals surface area (Å²) in [6.07, 6.45) is 45.7. The van der Waals surface area contributed by atoms with Crippen molar-refractivity contribution in [3.8, 4) is 0 Å². The lowest BCUT2D eigenvalue weighted by Gasteiger charge is -2.47. The van der Waals surface area contributed by atoms with E-state index in [9.17, 15) is 0 Å². The van der Waals surface area contributed by atoms with E-state index in [0.29, 0.717) is 11.1 Å². The van der Waals surface area contributed by atoms with Gasteiger partial charge in [0, 0.05) is 12.8 Å². The molecule has 0 heterocycles. The average molecular weight is 940 g/mol. The Hall–Kier alpha value is -0.200. The maximum absolute atomic E-state index is 2.55. The van der Waals surface area contributed by atoms with E-state index in [1.165, 1.54) is 282 Å². The molecule has 400 valence electrons. The summed E-state index contributed by atoms with van der Waals surface area (Å²) in [5.74, 6) is 0. The van der Waals surface area contributed by atoms with E-state index in [2.05, 4.69) is 126 Å². The third-order valence-electron chi connectivity index (χ3n) is 16.9. The van der Waals surface area contributed by atoms with Gasteiger partial charge in [0.25, 0.3) is 0 Å². The average Bonchev–Trinajstić information content (AvgIpc) is 3.21. The van der Waals surface area contributed by atoms with Crippen LogP contribution in [-0.2, 0) is 0 Å². The summed E-state index contributed by atoms with van der Waals surface area (Å²) < 4.78 is 5.89. The van der Waals surface area contributed by atoms with Crippen LogP contribution in [0.15, 0.2) is 0 Å². The molecule has 0 aromatic rings. The van der Waals surface area contributed by atoms with Crippen LogP contribution < -0.4 is 0 Å². The third-order valence-corrected chi connectivity index (χ3v) is 16.9. The van der Waals surface area contributed by atoms with Gasteiger partial charge in [-0.15, -0.1) is 0 Å². The highest BCUT2D eigenvalue weighted by molar-refractivity contribution is 4.64. The number of quaternary nitrogens is 5. The van der Waals surface area contributed by atoms with Crippen molar-refractivity contribution in [2.45, 2.75) is 279 Å². The first kappa shape index (κ1) is 67.9. The molecule has 0 N–H and O–H groups in total. The van der Waals surface area contributed by atoms with E-state index < -0.39 is 0 Å². The molecule has 5 heteroatoms. The number of hydrogen-bond donors (Lipinski definition) is 0. The van der Waals surface area contributed by atoms with Crippen molar-refractivity contribution < 1.29 is 22.4 Å². The molecule has 0 aliphatic rings. The number of hydrogen-bond acceptors (Lipinski definition) is 0. The van der Waals surface area contributed by atoms with Crippen LogP contribution in [0, 0.1) is 0 Å². The molecule has 0 spiro atoms. The van der Waals surface area contributed by atoms with Gasteiger partial charge in [0.15, 0.2) is 0 Å². The molecular weight excluding hydrogens is 803 g/mol. The highest BCUT2D eigenvalue weighted by atomic mass is 15.4. The standard InChI is InChI=1S/C39H86N3.C22H50N2/c1-11-13-15-17-19-21-23-25-27-29-33-40(6,7)35-31-37-42(10,39(3,4)5)38-32-36-41(8,9)34-30-28-26-24-22-20-18-16-14-12-2;1-9-10-11-12-13-14-15-16-17-18-19-23(5,6)20-21-24(7,8)22(2,3)4/h11-38H2,1-10H3;9-21H2,1-8H3/q+3;+2. The molecule has 5 nitrogen and oxygen atoms in total. The van der Waals surface area contributed by atoms with Gasteiger partial charge in [-0.2, -0.15) is 0 Å². The molecule has 0 aromatic carbocycles. The summed E-state index contributed by atoms with van der Waals surface area (Å²) in [4.78, 5) is 0. The second-order valence-corrected chi connectivity index (χ2v) is 27.0. The first-order chi connectivity index (χ1) is 30.8. The molecule has 0 rings (SSSR count). The molecule has 0 saturated carbocycles. The number of rotatable bonds is 44. The Balaban J connectivity index is 0. The lowest BCUT2D eigenvalue weighted by Crippen LogP contribution is -2.59. The highest BCUT2D eigenvalue weighted by Gasteiger charge is 2.37. The monoisotopic (exact) mass is 939 g/mol. The van der Waals surface area contributed by atoms with Crippen LogP contribution in [0.1, 0.15) is 268 Å². The van der Waals surface area contributed by atoms with Crippen LogP contribution in [0.4, 0.5) is 0 Å². The number of nitrogens with zero attached hydrogens (tertiary/aromatic N) is 5. The predicted octanol–water partition coefficient (Wildman–Crippen LogP) is 16.9. The maximum atomic E-state index is 2.55. The summed E-state index contributed by atoms with van der Waals surface area (Å²) in [5, 5.41) is 0. The van der Waals surface area contributed by atoms with Crippen molar-refractivity contribution in [1.82, 2.24) is 0 Å².